The first kappa shape index (κ1) is 13.4. The van der Waals surface area contributed by atoms with Crippen LogP contribution in [0.3, 0.4) is 0 Å². The quantitative estimate of drug-likeness (QED) is 0.873. The molecule has 1 aliphatic carbocycles. The highest BCUT2D eigenvalue weighted by Crippen LogP contribution is 2.36. The minimum absolute atomic E-state index is 0.344. The van der Waals surface area contributed by atoms with Gasteiger partial charge in [-0.2, -0.15) is 0 Å². The van der Waals surface area contributed by atoms with Crippen LogP contribution in [0.5, 0.6) is 5.75 Å². The second kappa shape index (κ2) is 5.72. The molecule has 0 bridgehead atoms. The summed E-state index contributed by atoms with van der Waals surface area (Å²) in [6, 6.07) is 7.86. The first-order valence-corrected chi connectivity index (χ1v) is 6.56. The molecule has 1 aliphatic rings. The number of rotatable bonds is 5. The van der Waals surface area contributed by atoms with Crippen molar-refractivity contribution in [3.63, 3.8) is 0 Å². The molecule has 0 amide bonds. The van der Waals surface area contributed by atoms with Crippen LogP contribution in [0.2, 0.25) is 0 Å². The molecule has 0 aromatic heterocycles. The van der Waals surface area contributed by atoms with E-state index < -0.39 is 6.10 Å². The van der Waals surface area contributed by atoms with E-state index in [1.165, 1.54) is 0 Å². The molecule has 0 spiro atoms. The van der Waals surface area contributed by atoms with E-state index in [0.29, 0.717) is 6.42 Å². The molecule has 0 saturated heterocycles. The van der Waals surface area contributed by atoms with E-state index in [2.05, 4.69) is 0 Å². The van der Waals surface area contributed by atoms with Gasteiger partial charge in [-0.25, -0.2) is 0 Å². The van der Waals surface area contributed by atoms with Crippen molar-refractivity contribution in [2.45, 2.75) is 43.8 Å². The molecule has 100 valence electrons. The maximum absolute atomic E-state index is 10.5. The lowest BCUT2D eigenvalue weighted by atomic mass is 9.90. The van der Waals surface area contributed by atoms with E-state index in [-0.39, 0.29) is 5.60 Å². The van der Waals surface area contributed by atoms with Crippen molar-refractivity contribution in [3.8, 4) is 5.75 Å². The molecule has 3 nitrogen and oxygen atoms in total. The summed E-state index contributed by atoms with van der Waals surface area (Å²) in [7, 11) is 3.36. The molecule has 18 heavy (non-hydrogen) atoms. The fourth-order valence-corrected chi connectivity index (χ4v) is 2.86. The summed E-state index contributed by atoms with van der Waals surface area (Å²) in [5.41, 5.74) is 0.744. The van der Waals surface area contributed by atoms with Crippen LogP contribution in [0.25, 0.3) is 0 Å². The molecule has 1 aromatic rings. The maximum Gasteiger partial charge on any atom is 0.119 e. The summed E-state index contributed by atoms with van der Waals surface area (Å²) in [5.74, 6) is 0.831. The number of aliphatic hydroxyl groups excluding tert-OH is 1. The van der Waals surface area contributed by atoms with E-state index in [0.717, 1.165) is 37.0 Å². The Kier molecular flexibility index (Phi) is 4.25. The molecule has 0 heterocycles. The van der Waals surface area contributed by atoms with Crippen LogP contribution in [-0.4, -0.2) is 31.0 Å². The van der Waals surface area contributed by atoms with Gasteiger partial charge < -0.3 is 14.6 Å². The van der Waals surface area contributed by atoms with Gasteiger partial charge in [0.15, 0.2) is 0 Å². The average molecular weight is 250 g/mol. The van der Waals surface area contributed by atoms with Gasteiger partial charge in [-0.15, -0.1) is 0 Å². The van der Waals surface area contributed by atoms with Crippen LogP contribution >= 0.6 is 0 Å². The predicted molar refractivity (Wildman–Crippen MR) is 70.9 cm³/mol. The lowest BCUT2D eigenvalue weighted by molar-refractivity contribution is -0.0971. The van der Waals surface area contributed by atoms with Crippen molar-refractivity contribution < 1.29 is 14.6 Å². The smallest absolute Gasteiger partial charge is 0.119 e. The summed E-state index contributed by atoms with van der Waals surface area (Å²) in [5, 5.41) is 10.5. The van der Waals surface area contributed by atoms with Crippen molar-refractivity contribution in [2.75, 3.05) is 14.2 Å². The third-order valence-corrected chi connectivity index (χ3v) is 4.03. The third-order valence-electron chi connectivity index (χ3n) is 4.03. The number of hydrogen-bond acceptors (Lipinski definition) is 3. The second-order valence-corrected chi connectivity index (χ2v) is 5.05. The van der Waals surface area contributed by atoms with Gasteiger partial charge in [0.05, 0.1) is 18.8 Å². The van der Waals surface area contributed by atoms with Gasteiger partial charge in [-0.1, -0.05) is 25.0 Å². The Hall–Kier alpha value is -1.06. The predicted octanol–water partition coefficient (Wildman–Crippen LogP) is 2.56. The molecule has 0 radical (unpaired) electrons. The monoisotopic (exact) mass is 250 g/mol. The molecule has 1 aromatic carbocycles. The fraction of sp³-hybridized carbons (Fsp3) is 0.600. The van der Waals surface area contributed by atoms with E-state index in [9.17, 15) is 5.11 Å². The number of benzene rings is 1. The van der Waals surface area contributed by atoms with Gasteiger partial charge in [0.1, 0.15) is 5.75 Å². The maximum atomic E-state index is 10.5. The highest BCUT2D eigenvalue weighted by atomic mass is 16.5. The summed E-state index contributed by atoms with van der Waals surface area (Å²) in [4.78, 5) is 0. The molecular weight excluding hydrogens is 228 g/mol. The van der Waals surface area contributed by atoms with Gasteiger partial charge >= 0.3 is 0 Å². The van der Waals surface area contributed by atoms with Crippen molar-refractivity contribution in [1.29, 1.82) is 0 Å². The van der Waals surface area contributed by atoms with Crippen molar-refractivity contribution in [1.82, 2.24) is 0 Å². The van der Waals surface area contributed by atoms with Crippen LogP contribution < -0.4 is 4.74 Å². The molecule has 1 saturated carbocycles. The molecule has 3 heteroatoms. The van der Waals surface area contributed by atoms with Crippen LogP contribution in [0.1, 0.15) is 31.2 Å². The van der Waals surface area contributed by atoms with E-state index in [1.54, 1.807) is 14.2 Å². The number of aliphatic hydroxyl groups is 1. The molecule has 1 unspecified atom stereocenters. The Morgan fingerprint density at radius 2 is 2.00 bits per heavy atom. The zero-order chi connectivity index (χ0) is 13.0. The van der Waals surface area contributed by atoms with E-state index in [4.69, 9.17) is 9.47 Å². The molecule has 0 aliphatic heterocycles. The minimum atomic E-state index is -0.447. The van der Waals surface area contributed by atoms with Crippen LogP contribution in [0.4, 0.5) is 0 Å². The Labute approximate surface area is 109 Å². The van der Waals surface area contributed by atoms with E-state index in [1.807, 2.05) is 24.3 Å². The lowest BCUT2D eigenvalue weighted by Crippen LogP contribution is -2.42. The molecular formula is C15H22O3. The number of methoxy groups -OCH3 is 2. The average Bonchev–Trinajstić information content (AvgIpc) is 2.89. The first-order chi connectivity index (χ1) is 8.70. The molecule has 2 rings (SSSR count). The Morgan fingerprint density at radius 1 is 1.28 bits per heavy atom. The number of ether oxygens (including phenoxy) is 2. The minimum Gasteiger partial charge on any atom is -0.497 e. The molecule has 1 N–H and O–H groups in total. The highest BCUT2D eigenvalue weighted by molar-refractivity contribution is 5.29. The summed E-state index contributed by atoms with van der Waals surface area (Å²) in [6.07, 6.45) is 4.36. The number of hydrogen-bond donors (Lipinski definition) is 1. The van der Waals surface area contributed by atoms with Gasteiger partial charge in [-0.05, 0) is 30.5 Å². The van der Waals surface area contributed by atoms with Gasteiger partial charge in [0.2, 0.25) is 0 Å². The SMILES string of the molecule is COc1cccc(CC(O)C2(OC)CCCC2)c1. The largest absolute Gasteiger partial charge is 0.497 e. The summed E-state index contributed by atoms with van der Waals surface area (Å²) >= 11 is 0. The Bertz CT molecular complexity index is 383. The second-order valence-electron chi connectivity index (χ2n) is 5.05. The van der Waals surface area contributed by atoms with Crippen molar-refractivity contribution in [2.24, 2.45) is 0 Å². The van der Waals surface area contributed by atoms with Crippen LogP contribution in [-0.2, 0) is 11.2 Å². The topological polar surface area (TPSA) is 38.7 Å². The normalized spacial score (nSPS) is 19.7. The first-order valence-electron chi connectivity index (χ1n) is 6.56. The zero-order valence-electron chi connectivity index (χ0n) is 11.2. The molecule has 1 fully saturated rings. The Morgan fingerprint density at radius 3 is 2.61 bits per heavy atom. The van der Waals surface area contributed by atoms with Crippen molar-refractivity contribution >= 4 is 0 Å². The Balaban J connectivity index is 2.07. The van der Waals surface area contributed by atoms with Gasteiger partial charge in [0, 0.05) is 13.5 Å². The summed E-state index contributed by atoms with van der Waals surface area (Å²) < 4.78 is 10.8. The highest BCUT2D eigenvalue weighted by Gasteiger charge is 2.40. The van der Waals surface area contributed by atoms with Crippen molar-refractivity contribution in [3.05, 3.63) is 29.8 Å². The van der Waals surface area contributed by atoms with Gasteiger partial charge in [-0.3, -0.25) is 0 Å². The fourth-order valence-electron chi connectivity index (χ4n) is 2.86. The van der Waals surface area contributed by atoms with Gasteiger partial charge in [0.25, 0.3) is 0 Å². The standard InChI is InChI=1S/C15H22O3/c1-17-13-7-5-6-12(10-13)11-14(16)15(18-2)8-3-4-9-15/h5-7,10,14,16H,3-4,8-9,11H2,1-2H3. The summed E-state index contributed by atoms with van der Waals surface area (Å²) in [6.45, 7) is 0. The zero-order valence-corrected chi connectivity index (χ0v) is 11.2. The third kappa shape index (κ3) is 2.68. The van der Waals surface area contributed by atoms with E-state index >= 15 is 0 Å². The van der Waals surface area contributed by atoms with Crippen LogP contribution in [0.15, 0.2) is 24.3 Å². The lowest BCUT2D eigenvalue weighted by Gasteiger charge is -2.33. The van der Waals surface area contributed by atoms with Crippen LogP contribution in [0, 0.1) is 0 Å². The molecule has 1 atom stereocenters.